The van der Waals surface area contributed by atoms with E-state index in [1.807, 2.05) is 48.5 Å². The molecule has 2 nitrogen and oxygen atoms in total. The molecule has 3 aromatic carbocycles. The summed E-state index contributed by atoms with van der Waals surface area (Å²) in [5, 5.41) is 0. The molecular weight excluding hydrogens is 347 g/mol. The lowest BCUT2D eigenvalue weighted by Gasteiger charge is -2.17. The summed E-state index contributed by atoms with van der Waals surface area (Å²) in [6, 6.07) is 30.4. The first-order chi connectivity index (χ1) is 13.8. The van der Waals surface area contributed by atoms with Gasteiger partial charge in [0.05, 0.1) is 5.71 Å². The third kappa shape index (κ3) is 4.04. The van der Waals surface area contributed by atoms with E-state index in [4.69, 9.17) is 4.99 Å². The second kappa shape index (κ2) is 8.40. The summed E-state index contributed by atoms with van der Waals surface area (Å²) in [4.78, 5) is 9.28. The van der Waals surface area contributed by atoms with Crippen LogP contribution in [0.3, 0.4) is 0 Å². The van der Waals surface area contributed by atoms with E-state index in [2.05, 4.69) is 29.2 Å². The van der Waals surface area contributed by atoms with E-state index in [0.29, 0.717) is 0 Å². The van der Waals surface area contributed by atoms with Gasteiger partial charge in [-0.3, -0.25) is 9.98 Å². The zero-order valence-corrected chi connectivity index (χ0v) is 15.2. The van der Waals surface area contributed by atoms with Crippen molar-refractivity contribution in [2.24, 2.45) is 4.99 Å². The van der Waals surface area contributed by atoms with Crippen molar-refractivity contribution in [3.8, 4) is 0 Å². The first kappa shape index (κ1) is 17.8. The molecule has 1 unspecified atom stereocenters. The zero-order valence-electron chi connectivity index (χ0n) is 15.2. The maximum atomic E-state index is 13.5. The summed E-state index contributed by atoms with van der Waals surface area (Å²) >= 11 is 0. The monoisotopic (exact) mass is 366 g/mol. The standard InChI is InChI=1S/C25H19FN2/c26-23-13-11-21(12-14-23)25(22-15-17-27-18-16-22)28-24(19-7-3-1-4-8-19)20-9-5-2-6-10-20/h1-18,25H. The number of nitrogens with zero attached hydrogens (tertiary/aromatic N) is 2. The number of hydrogen-bond donors (Lipinski definition) is 0. The van der Waals surface area contributed by atoms with Crippen LogP contribution in [0.15, 0.2) is 114 Å². The number of hydrogen-bond acceptors (Lipinski definition) is 2. The number of aromatic nitrogens is 1. The Hall–Kier alpha value is -3.59. The van der Waals surface area contributed by atoms with E-state index in [1.165, 1.54) is 12.1 Å². The Morgan fingerprint density at radius 1 is 0.643 bits per heavy atom. The molecule has 4 rings (SSSR count). The van der Waals surface area contributed by atoms with Crippen molar-refractivity contribution in [3.63, 3.8) is 0 Å². The fourth-order valence-electron chi connectivity index (χ4n) is 3.17. The van der Waals surface area contributed by atoms with Crippen LogP contribution in [-0.2, 0) is 0 Å². The van der Waals surface area contributed by atoms with Crippen LogP contribution in [0.4, 0.5) is 4.39 Å². The number of halogens is 1. The quantitative estimate of drug-likeness (QED) is 0.407. The van der Waals surface area contributed by atoms with Gasteiger partial charge in [-0.15, -0.1) is 0 Å². The van der Waals surface area contributed by atoms with Crippen LogP contribution in [0.5, 0.6) is 0 Å². The minimum Gasteiger partial charge on any atom is -0.271 e. The van der Waals surface area contributed by atoms with Gasteiger partial charge in [-0.05, 0) is 35.4 Å². The molecule has 0 spiro atoms. The number of pyridine rings is 1. The van der Waals surface area contributed by atoms with Gasteiger partial charge in [0.1, 0.15) is 11.9 Å². The Bertz CT molecular complexity index is 1000. The molecule has 3 heteroatoms. The molecule has 0 N–H and O–H groups in total. The Morgan fingerprint density at radius 3 is 1.68 bits per heavy atom. The number of aliphatic imine (C=N–C) groups is 1. The van der Waals surface area contributed by atoms with Gasteiger partial charge in [-0.25, -0.2) is 4.39 Å². The third-order valence-electron chi connectivity index (χ3n) is 4.56. The summed E-state index contributed by atoms with van der Waals surface area (Å²) in [6.45, 7) is 0. The average molecular weight is 366 g/mol. The Labute approximate surface area is 164 Å². The van der Waals surface area contributed by atoms with E-state index >= 15 is 0 Å². The predicted molar refractivity (Wildman–Crippen MR) is 111 cm³/mol. The highest BCUT2D eigenvalue weighted by atomic mass is 19.1. The van der Waals surface area contributed by atoms with Crippen LogP contribution in [-0.4, -0.2) is 10.7 Å². The van der Waals surface area contributed by atoms with Crippen molar-refractivity contribution in [2.45, 2.75) is 6.04 Å². The first-order valence-corrected chi connectivity index (χ1v) is 9.15. The summed E-state index contributed by atoms with van der Waals surface area (Å²) in [6.07, 6.45) is 3.51. The van der Waals surface area contributed by atoms with Crippen LogP contribution in [0, 0.1) is 5.82 Å². The fourth-order valence-corrected chi connectivity index (χ4v) is 3.17. The molecule has 0 radical (unpaired) electrons. The van der Waals surface area contributed by atoms with Crippen molar-refractivity contribution >= 4 is 5.71 Å². The fraction of sp³-hybridized carbons (Fsp3) is 0.0400. The van der Waals surface area contributed by atoms with Crippen molar-refractivity contribution in [1.29, 1.82) is 0 Å². The molecule has 0 aliphatic rings. The third-order valence-corrected chi connectivity index (χ3v) is 4.56. The Kier molecular flexibility index (Phi) is 5.34. The van der Waals surface area contributed by atoms with Crippen LogP contribution >= 0.6 is 0 Å². The summed E-state index contributed by atoms with van der Waals surface area (Å²) < 4.78 is 13.5. The van der Waals surface area contributed by atoms with E-state index in [-0.39, 0.29) is 11.9 Å². The summed E-state index contributed by atoms with van der Waals surface area (Å²) in [5.41, 5.74) is 4.90. The highest BCUT2D eigenvalue weighted by Crippen LogP contribution is 2.28. The minimum absolute atomic E-state index is 0.257. The molecule has 0 amide bonds. The van der Waals surface area contributed by atoms with Crippen LogP contribution in [0.2, 0.25) is 0 Å². The van der Waals surface area contributed by atoms with E-state index in [1.54, 1.807) is 24.5 Å². The largest absolute Gasteiger partial charge is 0.271 e. The van der Waals surface area contributed by atoms with Gasteiger partial charge in [0.15, 0.2) is 0 Å². The topological polar surface area (TPSA) is 25.2 Å². The number of benzene rings is 3. The SMILES string of the molecule is Fc1ccc(C(N=C(c2ccccc2)c2ccccc2)c2ccncc2)cc1. The van der Waals surface area contributed by atoms with Gasteiger partial charge in [0.25, 0.3) is 0 Å². The highest BCUT2D eigenvalue weighted by Gasteiger charge is 2.16. The predicted octanol–water partition coefficient (Wildman–Crippen LogP) is 5.85. The summed E-state index contributed by atoms with van der Waals surface area (Å²) in [5.74, 6) is -0.257. The van der Waals surface area contributed by atoms with Crippen molar-refractivity contribution in [1.82, 2.24) is 4.98 Å². The van der Waals surface area contributed by atoms with E-state index in [9.17, 15) is 4.39 Å². The second-order valence-corrected chi connectivity index (χ2v) is 6.44. The van der Waals surface area contributed by atoms with Gasteiger partial charge in [0, 0.05) is 23.5 Å². The lowest BCUT2D eigenvalue weighted by molar-refractivity contribution is 0.626. The molecule has 28 heavy (non-hydrogen) atoms. The minimum atomic E-state index is -0.265. The second-order valence-electron chi connectivity index (χ2n) is 6.44. The molecule has 136 valence electrons. The smallest absolute Gasteiger partial charge is 0.123 e. The lowest BCUT2D eigenvalue weighted by Crippen LogP contribution is -2.08. The molecule has 0 saturated carbocycles. The molecule has 0 aliphatic heterocycles. The molecule has 1 atom stereocenters. The van der Waals surface area contributed by atoms with Gasteiger partial charge in [-0.1, -0.05) is 72.8 Å². The normalized spacial score (nSPS) is 11.6. The lowest BCUT2D eigenvalue weighted by atomic mass is 9.97. The maximum Gasteiger partial charge on any atom is 0.123 e. The molecule has 1 aromatic heterocycles. The number of rotatable bonds is 5. The van der Waals surface area contributed by atoms with Crippen LogP contribution < -0.4 is 0 Å². The van der Waals surface area contributed by atoms with Gasteiger partial charge in [-0.2, -0.15) is 0 Å². The van der Waals surface area contributed by atoms with E-state index < -0.39 is 0 Å². The highest BCUT2D eigenvalue weighted by molar-refractivity contribution is 6.13. The van der Waals surface area contributed by atoms with Crippen LogP contribution in [0.1, 0.15) is 28.3 Å². The van der Waals surface area contributed by atoms with Crippen molar-refractivity contribution in [3.05, 3.63) is 138 Å². The Balaban J connectivity index is 1.90. The molecule has 1 heterocycles. The molecule has 0 saturated heterocycles. The molecule has 4 aromatic rings. The first-order valence-electron chi connectivity index (χ1n) is 9.15. The molecule has 0 aliphatic carbocycles. The maximum absolute atomic E-state index is 13.5. The van der Waals surface area contributed by atoms with Gasteiger partial charge < -0.3 is 0 Å². The average Bonchev–Trinajstić information content (AvgIpc) is 2.77. The zero-order chi connectivity index (χ0) is 19.2. The van der Waals surface area contributed by atoms with Crippen molar-refractivity contribution in [2.75, 3.05) is 0 Å². The summed E-state index contributed by atoms with van der Waals surface area (Å²) in [7, 11) is 0. The Morgan fingerprint density at radius 2 is 1.14 bits per heavy atom. The molecule has 0 fully saturated rings. The van der Waals surface area contributed by atoms with E-state index in [0.717, 1.165) is 28.0 Å². The van der Waals surface area contributed by atoms with Gasteiger partial charge in [0.2, 0.25) is 0 Å². The molecular formula is C25H19FN2. The van der Waals surface area contributed by atoms with Gasteiger partial charge >= 0.3 is 0 Å². The molecule has 0 bridgehead atoms. The van der Waals surface area contributed by atoms with Crippen molar-refractivity contribution < 1.29 is 4.39 Å². The van der Waals surface area contributed by atoms with Crippen LogP contribution in [0.25, 0.3) is 0 Å².